The van der Waals surface area contributed by atoms with Crippen LogP contribution in [0.5, 0.6) is 5.75 Å². The van der Waals surface area contributed by atoms with Crippen LogP contribution in [0.25, 0.3) is 0 Å². The standard InChI is InChI=1S/C14H20BrNO2/c1-17-13-6-5-11(15)7-10(13)8-12(16)14(18-2)9-3-4-9/h5-7,9,12,14H,3-4,8,16H2,1-2H3. The highest BCUT2D eigenvalue weighted by Crippen LogP contribution is 2.36. The van der Waals surface area contributed by atoms with E-state index in [9.17, 15) is 0 Å². The van der Waals surface area contributed by atoms with E-state index in [0.29, 0.717) is 5.92 Å². The first-order valence-electron chi connectivity index (χ1n) is 6.26. The molecule has 1 aromatic carbocycles. The first kappa shape index (κ1) is 13.8. The van der Waals surface area contributed by atoms with Gasteiger partial charge >= 0.3 is 0 Å². The summed E-state index contributed by atoms with van der Waals surface area (Å²) in [5.41, 5.74) is 7.41. The Morgan fingerprint density at radius 1 is 1.39 bits per heavy atom. The van der Waals surface area contributed by atoms with Gasteiger partial charge in [-0.25, -0.2) is 0 Å². The Labute approximate surface area is 117 Å². The Bertz CT molecular complexity index is 407. The lowest BCUT2D eigenvalue weighted by Gasteiger charge is -2.23. The first-order valence-corrected chi connectivity index (χ1v) is 7.05. The van der Waals surface area contributed by atoms with Crippen molar-refractivity contribution in [3.8, 4) is 5.75 Å². The maximum Gasteiger partial charge on any atom is 0.122 e. The van der Waals surface area contributed by atoms with E-state index in [0.717, 1.165) is 22.2 Å². The van der Waals surface area contributed by atoms with E-state index in [-0.39, 0.29) is 12.1 Å². The molecule has 4 heteroatoms. The summed E-state index contributed by atoms with van der Waals surface area (Å²) >= 11 is 3.48. The fraction of sp³-hybridized carbons (Fsp3) is 0.571. The first-order chi connectivity index (χ1) is 8.65. The maximum atomic E-state index is 6.28. The molecule has 1 saturated carbocycles. The van der Waals surface area contributed by atoms with Gasteiger partial charge in [-0.3, -0.25) is 0 Å². The number of benzene rings is 1. The van der Waals surface area contributed by atoms with Crippen LogP contribution in [0.4, 0.5) is 0 Å². The SMILES string of the molecule is COc1ccc(Br)cc1CC(N)C(OC)C1CC1. The molecule has 0 bridgehead atoms. The zero-order valence-corrected chi connectivity index (χ0v) is 12.4. The average molecular weight is 314 g/mol. The third-order valence-electron chi connectivity index (χ3n) is 3.48. The van der Waals surface area contributed by atoms with Crippen molar-refractivity contribution in [3.63, 3.8) is 0 Å². The number of rotatable bonds is 6. The van der Waals surface area contributed by atoms with Crippen molar-refractivity contribution in [1.82, 2.24) is 0 Å². The van der Waals surface area contributed by atoms with Crippen LogP contribution in [0.3, 0.4) is 0 Å². The molecule has 0 spiro atoms. The number of hydrogen-bond donors (Lipinski definition) is 1. The molecule has 2 rings (SSSR count). The zero-order chi connectivity index (χ0) is 13.1. The number of halogens is 1. The highest BCUT2D eigenvalue weighted by atomic mass is 79.9. The summed E-state index contributed by atoms with van der Waals surface area (Å²) in [6.07, 6.45) is 3.41. The van der Waals surface area contributed by atoms with E-state index in [4.69, 9.17) is 15.2 Å². The summed E-state index contributed by atoms with van der Waals surface area (Å²) in [6.45, 7) is 0. The van der Waals surface area contributed by atoms with Gasteiger partial charge in [0.05, 0.1) is 13.2 Å². The van der Waals surface area contributed by atoms with Crippen LogP contribution in [-0.2, 0) is 11.2 Å². The van der Waals surface area contributed by atoms with Crippen molar-refractivity contribution in [3.05, 3.63) is 28.2 Å². The van der Waals surface area contributed by atoms with Crippen LogP contribution in [0.1, 0.15) is 18.4 Å². The summed E-state index contributed by atoms with van der Waals surface area (Å²) < 4.78 is 12.0. The molecule has 1 aromatic rings. The molecule has 2 atom stereocenters. The van der Waals surface area contributed by atoms with Gasteiger partial charge in [-0.1, -0.05) is 15.9 Å². The predicted octanol–water partition coefficient (Wildman–Crippen LogP) is 2.75. The minimum atomic E-state index is 0.0192. The second-order valence-corrected chi connectivity index (χ2v) is 5.78. The minimum Gasteiger partial charge on any atom is -0.496 e. The quantitative estimate of drug-likeness (QED) is 0.878. The van der Waals surface area contributed by atoms with Crippen LogP contribution >= 0.6 is 15.9 Å². The molecule has 2 unspecified atom stereocenters. The van der Waals surface area contributed by atoms with E-state index in [2.05, 4.69) is 22.0 Å². The summed E-state index contributed by atoms with van der Waals surface area (Å²) in [4.78, 5) is 0. The molecule has 0 saturated heterocycles. The van der Waals surface area contributed by atoms with Gasteiger partial charge in [-0.05, 0) is 48.9 Å². The third-order valence-corrected chi connectivity index (χ3v) is 3.97. The van der Waals surface area contributed by atoms with E-state index in [1.807, 2.05) is 12.1 Å². The molecule has 0 amide bonds. The lowest BCUT2D eigenvalue weighted by molar-refractivity contribution is 0.0625. The lowest BCUT2D eigenvalue weighted by atomic mass is 9.98. The Morgan fingerprint density at radius 3 is 2.67 bits per heavy atom. The van der Waals surface area contributed by atoms with Crippen molar-refractivity contribution in [2.24, 2.45) is 11.7 Å². The minimum absolute atomic E-state index is 0.0192. The molecule has 0 heterocycles. The summed E-state index contributed by atoms with van der Waals surface area (Å²) in [7, 11) is 3.44. The lowest BCUT2D eigenvalue weighted by Crippen LogP contribution is -2.39. The fourth-order valence-corrected chi connectivity index (χ4v) is 2.83. The molecule has 100 valence electrons. The van der Waals surface area contributed by atoms with Crippen molar-refractivity contribution < 1.29 is 9.47 Å². The van der Waals surface area contributed by atoms with Crippen LogP contribution in [0, 0.1) is 5.92 Å². The van der Waals surface area contributed by atoms with Gasteiger partial charge in [0.1, 0.15) is 5.75 Å². The molecular formula is C14H20BrNO2. The molecular weight excluding hydrogens is 294 g/mol. The summed E-state index contributed by atoms with van der Waals surface area (Å²) in [5, 5.41) is 0. The van der Waals surface area contributed by atoms with E-state index >= 15 is 0 Å². The summed E-state index contributed by atoms with van der Waals surface area (Å²) in [6, 6.07) is 6.03. The molecule has 18 heavy (non-hydrogen) atoms. The van der Waals surface area contributed by atoms with Gasteiger partial charge in [-0.2, -0.15) is 0 Å². The molecule has 1 fully saturated rings. The van der Waals surface area contributed by atoms with Crippen molar-refractivity contribution in [2.75, 3.05) is 14.2 Å². The maximum absolute atomic E-state index is 6.28. The van der Waals surface area contributed by atoms with Crippen LogP contribution < -0.4 is 10.5 Å². The molecule has 1 aliphatic rings. The van der Waals surface area contributed by atoms with E-state index < -0.39 is 0 Å². The fourth-order valence-electron chi connectivity index (χ4n) is 2.42. The average Bonchev–Trinajstić information content (AvgIpc) is 3.15. The van der Waals surface area contributed by atoms with Crippen LogP contribution in [0.15, 0.2) is 22.7 Å². The third kappa shape index (κ3) is 3.25. The monoisotopic (exact) mass is 313 g/mol. The van der Waals surface area contributed by atoms with Crippen LogP contribution in [-0.4, -0.2) is 26.4 Å². The number of hydrogen-bond acceptors (Lipinski definition) is 3. The number of methoxy groups -OCH3 is 2. The molecule has 0 radical (unpaired) electrons. The van der Waals surface area contributed by atoms with Gasteiger partial charge in [0.2, 0.25) is 0 Å². The normalized spacial score (nSPS) is 18.4. The van der Waals surface area contributed by atoms with E-state index in [1.165, 1.54) is 12.8 Å². The second kappa shape index (κ2) is 6.04. The number of nitrogens with two attached hydrogens (primary N) is 1. The largest absolute Gasteiger partial charge is 0.496 e. The highest BCUT2D eigenvalue weighted by molar-refractivity contribution is 9.10. The van der Waals surface area contributed by atoms with Crippen molar-refractivity contribution in [1.29, 1.82) is 0 Å². The zero-order valence-electron chi connectivity index (χ0n) is 10.9. The smallest absolute Gasteiger partial charge is 0.122 e. The van der Waals surface area contributed by atoms with Crippen molar-refractivity contribution >= 4 is 15.9 Å². The second-order valence-electron chi connectivity index (χ2n) is 4.86. The molecule has 3 nitrogen and oxygen atoms in total. The Hall–Kier alpha value is -0.580. The summed E-state index contributed by atoms with van der Waals surface area (Å²) in [5.74, 6) is 1.53. The molecule has 1 aliphatic carbocycles. The van der Waals surface area contributed by atoms with Gasteiger partial charge < -0.3 is 15.2 Å². The Morgan fingerprint density at radius 2 is 2.11 bits per heavy atom. The molecule has 0 aliphatic heterocycles. The predicted molar refractivity (Wildman–Crippen MR) is 75.9 cm³/mol. The van der Waals surface area contributed by atoms with Crippen LogP contribution in [0.2, 0.25) is 0 Å². The van der Waals surface area contributed by atoms with Gasteiger partial charge in [-0.15, -0.1) is 0 Å². The Kier molecular flexibility index (Phi) is 4.65. The van der Waals surface area contributed by atoms with Crippen molar-refractivity contribution in [2.45, 2.75) is 31.4 Å². The van der Waals surface area contributed by atoms with Gasteiger partial charge in [0, 0.05) is 17.6 Å². The number of ether oxygens (including phenoxy) is 2. The highest BCUT2D eigenvalue weighted by Gasteiger charge is 2.35. The van der Waals surface area contributed by atoms with Gasteiger partial charge in [0.15, 0.2) is 0 Å². The van der Waals surface area contributed by atoms with Gasteiger partial charge in [0.25, 0.3) is 0 Å². The molecule has 0 aromatic heterocycles. The Balaban J connectivity index is 2.09. The molecule has 2 N–H and O–H groups in total. The van der Waals surface area contributed by atoms with E-state index in [1.54, 1.807) is 14.2 Å². The topological polar surface area (TPSA) is 44.5 Å².